The van der Waals surface area contributed by atoms with Gasteiger partial charge in [-0.05, 0) is 42.9 Å². The van der Waals surface area contributed by atoms with Crippen LogP contribution in [0.1, 0.15) is 24.1 Å². The molecule has 4 rings (SSSR count). The van der Waals surface area contributed by atoms with Crippen LogP contribution in [0.5, 0.6) is 0 Å². The lowest BCUT2D eigenvalue weighted by Crippen LogP contribution is -2.35. The SMILES string of the molecule is c1ccc(CC2CCN(c3cnnc(NCc4ccccn4)n3)CC2)cc1. The van der Waals surface area contributed by atoms with Crippen LogP contribution < -0.4 is 10.2 Å². The van der Waals surface area contributed by atoms with Gasteiger partial charge in [-0.25, -0.2) is 0 Å². The highest BCUT2D eigenvalue weighted by Crippen LogP contribution is 2.24. The molecule has 1 aliphatic rings. The van der Waals surface area contributed by atoms with Gasteiger partial charge in [0.2, 0.25) is 5.95 Å². The van der Waals surface area contributed by atoms with Crippen molar-refractivity contribution in [1.29, 1.82) is 0 Å². The van der Waals surface area contributed by atoms with Crippen molar-refractivity contribution in [3.8, 4) is 0 Å². The average molecular weight is 360 g/mol. The van der Waals surface area contributed by atoms with Crippen LogP contribution in [-0.2, 0) is 13.0 Å². The van der Waals surface area contributed by atoms with Crippen molar-refractivity contribution in [2.45, 2.75) is 25.8 Å². The summed E-state index contributed by atoms with van der Waals surface area (Å²) >= 11 is 0. The van der Waals surface area contributed by atoms with Crippen LogP contribution in [-0.4, -0.2) is 33.3 Å². The Morgan fingerprint density at radius 3 is 2.59 bits per heavy atom. The van der Waals surface area contributed by atoms with Gasteiger partial charge in [-0.3, -0.25) is 4.98 Å². The highest BCUT2D eigenvalue weighted by Gasteiger charge is 2.21. The van der Waals surface area contributed by atoms with Crippen LogP contribution in [0.4, 0.5) is 11.8 Å². The highest BCUT2D eigenvalue weighted by molar-refractivity contribution is 5.40. The average Bonchev–Trinajstić information content (AvgIpc) is 2.75. The van der Waals surface area contributed by atoms with Gasteiger partial charge in [0.25, 0.3) is 0 Å². The Morgan fingerprint density at radius 2 is 1.81 bits per heavy atom. The molecule has 1 saturated heterocycles. The Kier molecular flexibility index (Phi) is 5.53. The lowest BCUT2D eigenvalue weighted by molar-refractivity contribution is 0.402. The molecule has 3 aromatic rings. The van der Waals surface area contributed by atoms with Crippen LogP contribution >= 0.6 is 0 Å². The van der Waals surface area contributed by atoms with E-state index in [4.69, 9.17) is 0 Å². The number of nitrogens with zero attached hydrogens (tertiary/aromatic N) is 5. The molecular weight excluding hydrogens is 336 g/mol. The molecule has 1 N–H and O–H groups in total. The number of aromatic nitrogens is 4. The molecule has 0 radical (unpaired) electrons. The topological polar surface area (TPSA) is 66.8 Å². The Hall–Kier alpha value is -3.02. The molecule has 27 heavy (non-hydrogen) atoms. The zero-order valence-corrected chi connectivity index (χ0v) is 15.3. The van der Waals surface area contributed by atoms with Gasteiger partial charge in [0.15, 0.2) is 5.82 Å². The molecule has 3 heterocycles. The number of anilines is 2. The minimum Gasteiger partial charge on any atom is -0.355 e. The molecule has 138 valence electrons. The highest BCUT2D eigenvalue weighted by atomic mass is 15.3. The monoisotopic (exact) mass is 360 g/mol. The van der Waals surface area contributed by atoms with Crippen LogP contribution in [0.3, 0.4) is 0 Å². The largest absolute Gasteiger partial charge is 0.355 e. The molecule has 0 bridgehead atoms. The number of hydrogen-bond donors (Lipinski definition) is 1. The molecule has 1 aliphatic heterocycles. The molecule has 0 atom stereocenters. The van der Waals surface area contributed by atoms with Gasteiger partial charge >= 0.3 is 0 Å². The zero-order chi connectivity index (χ0) is 18.3. The maximum Gasteiger partial charge on any atom is 0.245 e. The third-order valence-electron chi connectivity index (χ3n) is 5.01. The van der Waals surface area contributed by atoms with Crippen molar-refractivity contribution >= 4 is 11.8 Å². The lowest BCUT2D eigenvalue weighted by atomic mass is 9.90. The predicted molar refractivity (Wildman–Crippen MR) is 106 cm³/mol. The first-order valence-corrected chi connectivity index (χ1v) is 9.49. The van der Waals surface area contributed by atoms with Crippen molar-refractivity contribution in [2.75, 3.05) is 23.3 Å². The van der Waals surface area contributed by atoms with Crippen LogP contribution in [0.2, 0.25) is 0 Å². The second-order valence-corrected chi connectivity index (χ2v) is 6.93. The summed E-state index contributed by atoms with van der Waals surface area (Å²) in [5, 5.41) is 11.4. The van der Waals surface area contributed by atoms with Crippen LogP contribution in [0, 0.1) is 5.92 Å². The fraction of sp³-hybridized carbons (Fsp3) is 0.333. The number of rotatable bonds is 6. The minimum absolute atomic E-state index is 0.546. The smallest absolute Gasteiger partial charge is 0.245 e. The van der Waals surface area contributed by atoms with Crippen LogP contribution in [0.15, 0.2) is 60.9 Å². The number of pyridine rings is 1. The van der Waals surface area contributed by atoms with E-state index < -0.39 is 0 Å². The normalized spacial score (nSPS) is 14.9. The summed E-state index contributed by atoms with van der Waals surface area (Å²) in [6.45, 7) is 2.61. The van der Waals surface area contributed by atoms with Gasteiger partial charge in [-0.2, -0.15) is 10.1 Å². The van der Waals surface area contributed by atoms with E-state index in [-0.39, 0.29) is 0 Å². The maximum atomic E-state index is 4.63. The summed E-state index contributed by atoms with van der Waals surface area (Å²) in [4.78, 5) is 11.2. The molecular formula is C21H24N6. The van der Waals surface area contributed by atoms with E-state index in [1.165, 1.54) is 18.4 Å². The fourth-order valence-corrected chi connectivity index (χ4v) is 3.51. The van der Waals surface area contributed by atoms with E-state index in [1.807, 2.05) is 18.2 Å². The van der Waals surface area contributed by atoms with E-state index in [0.29, 0.717) is 12.5 Å². The second kappa shape index (κ2) is 8.58. The quantitative estimate of drug-likeness (QED) is 0.727. The lowest BCUT2D eigenvalue weighted by Gasteiger charge is -2.32. The molecule has 2 aromatic heterocycles. The van der Waals surface area contributed by atoms with E-state index in [2.05, 4.69) is 60.7 Å². The van der Waals surface area contributed by atoms with Crippen LogP contribution in [0.25, 0.3) is 0 Å². The van der Waals surface area contributed by atoms with E-state index >= 15 is 0 Å². The molecule has 1 aromatic carbocycles. The van der Waals surface area contributed by atoms with Gasteiger partial charge in [0.1, 0.15) is 0 Å². The minimum atomic E-state index is 0.546. The summed E-state index contributed by atoms with van der Waals surface area (Å²) in [5.74, 6) is 2.18. The van der Waals surface area contributed by atoms with Gasteiger partial charge in [-0.15, -0.1) is 5.10 Å². The van der Waals surface area contributed by atoms with Gasteiger partial charge in [-0.1, -0.05) is 36.4 Å². The van der Waals surface area contributed by atoms with E-state index in [9.17, 15) is 0 Å². The van der Waals surface area contributed by atoms with Gasteiger partial charge in [0, 0.05) is 19.3 Å². The first-order chi connectivity index (χ1) is 13.4. The van der Waals surface area contributed by atoms with Crippen molar-refractivity contribution in [1.82, 2.24) is 20.2 Å². The zero-order valence-electron chi connectivity index (χ0n) is 15.3. The summed E-state index contributed by atoms with van der Waals surface area (Å²) in [5.41, 5.74) is 2.38. The second-order valence-electron chi connectivity index (χ2n) is 6.93. The van der Waals surface area contributed by atoms with Crippen molar-refractivity contribution in [3.63, 3.8) is 0 Å². The number of hydrogen-bond acceptors (Lipinski definition) is 6. The van der Waals surface area contributed by atoms with Crippen molar-refractivity contribution in [3.05, 3.63) is 72.2 Å². The van der Waals surface area contributed by atoms with Gasteiger partial charge < -0.3 is 10.2 Å². The molecule has 0 unspecified atom stereocenters. The number of piperidine rings is 1. The van der Waals surface area contributed by atoms with Crippen molar-refractivity contribution in [2.24, 2.45) is 5.92 Å². The van der Waals surface area contributed by atoms with E-state index in [0.717, 1.165) is 36.9 Å². The Morgan fingerprint density at radius 1 is 1.00 bits per heavy atom. The summed E-state index contributed by atoms with van der Waals surface area (Å²) in [6, 6.07) is 16.6. The first-order valence-electron chi connectivity index (χ1n) is 9.49. The number of nitrogens with one attached hydrogen (secondary N) is 1. The first kappa shape index (κ1) is 17.4. The standard InChI is InChI=1S/C21H24N6/c1-2-6-17(7-3-1)14-18-9-12-27(13-10-18)20-16-24-26-21(25-20)23-15-19-8-4-5-11-22-19/h1-8,11,16,18H,9-10,12-15H2,(H,23,25,26). The molecule has 0 spiro atoms. The summed E-state index contributed by atoms with van der Waals surface area (Å²) in [7, 11) is 0. The van der Waals surface area contributed by atoms with Crippen molar-refractivity contribution < 1.29 is 0 Å². The Balaban J connectivity index is 1.32. The molecule has 6 heteroatoms. The Bertz CT molecular complexity index is 832. The Labute approximate surface area is 159 Å². The molecule has 0 amide bonds. The summed E-state index contributed by atoms with van der Waals surface area (Å²) < 4.78 is 0. The third-order valence-corrected chi connectivity index (χ3v) is 5.01. The molecule has 0 aliphatic carbocycles. The predicted octanol–water partition coefficient (Wildman–Crippen LogP) is 3.34. The third kappa shape index (κ3) is 4.78. The van der Waals surface area contributed by atoms with E-state index in [1.54, 1.807) is 12.4 Å². The van der Waals surface area contributed by atoms with Gasteiger partial charge in [0.05, 0.1) is 18.4 Å². The molecule has 0 saturated carbocycles. The fourth-order valence-electron chi connectivity index (χ4n) is 3.51. The molecule has 1 fully saturated rings. The number of benzene rings is 1. The molecule has 6 nitrogen and oxygen atoms in total. The maximum absolute atomic E-state index is 4.63. The summed E-state index contributed by atoms with van der Waals surface area (Å²) in [6.07, 6.45) is 7.05.